The highest BCUT2D eigenvalue weighted by Crippen LogP contribution is 2.32. The molecule has 0 amide bonds. The predicted molar refractivity (Wildman–Crippen MR) is 75.2 cm³/mol. The Bertz CT molecular complexity index is 256. The van der Waals surface area contributed by atoms with Crippen molar-refractivity contribution in [3.8, 4) is 0 Å². The van der Waals surface area contributed by atoms with Gasteiger partial charge in [-0.15, -0.1) is 0 Å². The Morgan fingerprint density at radius 2 is 2.11 bits per heavy atom. The fourth-order valence-corrected chi connectivity index (χ4v) is 3.15. The number of hydrogen-bond donors (Lipinski definition) is 2. The molecule has 0 bridgehead atoms. The van der Waals surface area contributed by atoms with Gasteiger partial charge in [0.2, 0.25) is 0 Å². The Kier molecular flexibility index (Phi) is 6.07. The van der Waals surface area contributed by atoms with Crippen LogP contribution < -0.4 is 5.32 Å². The van der Waals surface area contributed by atoms with Crippen LogP contribution in [0.3, 0.4) is 0 Å². The second kappa shape index (κ2) is 7.58. The highest BCUT2D eigenvalue weighted by molar-refractivity contribution is 4.96. The van der Waals surface area contributed by atoms with Crippen molar-refractivity contribution in [3.63, 3.8) is 0 Å². The van der Waals surface area contributed by atoms with E-state index in [1.54, 1.807) is 0 Å². The lowest BCUT2D eigenvalue weighted by molar-refractivity contribution is -0.0121. The normalized spacial score (nSPS) is 32.8. The minimum Gasteiger partial charge on any atom is -0.394 e. The molecule has 2 fully saturated rings. The molecule has 0 aromatic rings. The van der Waals surface area contributed by atoms with Crippen LogP contribution in [0.25, 0.3) is 0 Å². The fraction of sp³-hybridized carbons (Fsp3) is 1.00. The lowest BCUT2D eigenvalue weighted by atomic mass is 9.98. The van der Waals surface area contributed by atoms with Gasteiger partial charge in [-0.05, 0) is 51.0 Å². The predicted octanol–water partition coefficient (Wildman–Crippen LogP) is 1.71. The molecule has 0 aromatic carbocycles. The molecule has 112 valence electrons. The second-order valence-corrected chi connectivity index (χ2v) is 6.12. The Balaban J connectivity index is 1.70. The van der Waals surface area contributed by atoms with Crippen molar-refractivity contribution in [2.45, 2.75) is 57.1 Å². The maximum absolute atomic E-state index is 9.64. The topological polar surface area (TPSA) is 50.7 Å². The summed E-state index contributed by atoms with van der Waals surface area (Å²) < 4.78 is 11.4. The van der Waals surface area contributed by atoms with Gasteiger partial charge in [-0.3, -0.25) is 0 Å². The van der Waals surface area contributed by atoms with E-state index in [0.29, 0.717) is 12.0 Å². The van der Waals surface area contributed by atoms with Gasteiger partial charge >= 0.3 is 0 Å². The van der Waals surface area contributed by atoms with E-state index in [1.165, 1.54) is 0 Å². The number of hydrogen-bond acceptors (Lipinski definition) is 4. The summed E-state index contributed by atoms with van der Waals surface area (Å²) in [5, 5.41) is 13.2. The third-order valence-corrected chi connectivity index (χ3v) is 4.52. The zero-order valence-corrected chi connectivity index (χ0v) is 12.2. The van der Waals surface area contributed by atoms with Crippen LogP contribution in [-0.2, 0) is 9.47 Å². The first-order chi connectivity index (χ1) is 9.28. The first kappa shape index (κ1) is 15.2. The van der Waals surface area contributed by atoms with E-state index in [4.69, 9.17) is 9.47 Å². The van der Waals surface area contributed by atoms with Gasteiger partial charge in [0.1, 0.15) is 0 Å². The summed E-state index contributed by atoms with van der Waals surface area (Å²) >= 11 is 0. The number of aliphatic hydroxyl groups is 1. The molecule has 1 aliphatic heterocycles. The summed E-state index contributed by atoms with van der Waals surface area (Å²) in [6.45, 7) is 6.00. The van der Waals surface area contributed by atoms with Crippen LogP contribution in [-0.4, -0.2) is 49.7 Å². The third-order valence-electron chi connectivity index (χ3n) is 4.52. The molecule has 2 unspecified atom stereocenters. The highest BCUT2D eigenvalue weighted by atomic mass is 16.5. The van der Waals surface area contributed by atoms with Crippen LogP contribution in [0.1, 0.15) is 45.4 Å². The molecule has 1 saturated heterocycles. The van der Waals surface area contributed by atoms with Crippen molar-refractivity contribution in [3.05, 3.63) is 0 Å². The summed E-state index contributed by atoms with van der Waals surface area (Å²) in [6.07, 6.45) is 6.74. The van der Waals surface area contributed by atoms with Gasteiger partial charge in [-0.25, -0.2) is 0 Å². The van der Waals surface area contributed by atoms with Gasteiger partial charge in [0.05, 0.1) is 12.7 Å². The summed E-state index contributed by atoms with van der Waals surface area (Å²) in [5.41, 5.74) is -0.0870. The minimum atomic E-state index is -0.0870. The van der Waals surface area contributed by atoms with E-state index in [-0.39, 0.29) is 12.1 Å². The van der Waals surface area contributed by atoms with Crippen molar-refractivity contribution < 1.29 is 14.6 Å². The van der Waals surface area contributed by atoms with E-state index in [9.17, 15) is 5.11 Å². The molecule has 1 aliphatic carbocycles. The molecule has 4 nitrogen and oxygen atoms in total. The van der Waals surface area contributed by atoms with Crippen LogP contribution in [0.15, 0.2) is 0 Å². The van der Waals surface area contributed by atoms with Crippen LogP contribution >= 0.6 is 0 Å². The van der Waals surface area contributed by atoms with E-state index < -0.39 is 0 Å². The molecule has 1 saturated carbocycles. The molecule has 4 heteroatoms. The molecule has 19 heavy (non-hydrogen) atoms. The van der Waals surface area contributed by atoms with Crippen LogP contribution in [0.5, 0.6) is 0 Å². The van der Waals surface area contributed by atoms with E-state index in [1.807, 2.05) is 0 Å². The number of nitrogens with one attached hydrogen (secondary N) is 1. The number of ether oxygens (including phenoxy) is 2. The molecular formula is C15H29NO3. The summed E-state index contributed by atoms with van der Waals surface area (Å²) in [7, 11) is 0. The summed E-state index contributed by atoms with van der Waals surface area (Å²) in [6, 6.07) is 0. The van der Waals surface area contributed by atoms with Gasteiger partial charge in [0.25, 0.3) is 0 Å². The molecule has 1 heterocycles. The molecular weight excluding hydrogens is 242 g/mol. The second-order valence-electron chi connectivity index (χ2n) is 6.12. The third kappa shape index (κ3) is 4.42. The minimum absolute atomic E-state index is 0.0870. The largest absolute Gasteiger partial charge is 0.394 e. The lowest BCUT2D eigenvalue weighted by Crippen LogP contribution is -2.47. The van der Waals surface area contributed by atoms with Crippen molar-refractivity contribution in [2.75, 3.05) is 33.0 Å². The Morgan fingerprint density at radius 1 is 1.32 bits per heavy atom. The number of aliphatic hydroxyl groups excluding tert-OH is 1. The zero-order valence-electron chi connectivity index (χ0n) is 12.2. The number of rotatable bonds is 7. The van der Waals surface area contributed by atoms with Crippen molar-refractivity contribution in [1.29, 1.82) is 0 Å². The zero-order chi connectivity index (χ0) is 13.6. The monoisotopic (exact) mass is 271 g/mol. The molecule has 2 N–H and O–H groups in total. The van der Waals surface area contributed by atoms with Crippen LogP contribution in [0, 0.1) is 5.92 Å². The van der Waals surface area contributed by atoms with E-state index >= 15 is 0 Å². The molecule has 0 aromatic heterocycles. The Labute approximate surface area is 116 Å². The highest BCUT2D eigenvalue weighted by Gasteiger charge is 2.38. The van der Waals surface area contributed by atoms with Gasteiger partial charge in [-0.1, -0.05) is 6.92 Å². The van der Waals surface area contributed by atoms with Gasteiger partial charge in [0.15, 0.2) is 0 Å². The summed E-state index contributed by atoms with van der Waals surface area (Å²) in [4.78, 5) is 0. The standard InChI is InChI=1S/C15H29NO3/c1-2-7-16-15(12-17)6-3-14(10-15)19-11-13-4-8-18-9-5-13/h13-14,16-17H,2-12H2,1H3. The average Bonchev–Trinajstić information content (AvgIpc) is 2.88. The average molecular weight is 271 g/mol. The quantitative estimate of drug-likeness (QED) is 0.740. The fourth-order valence-electron chi connectivity index (χ4n) is 3.15. The van der Waals surface area contributed by atoms with E-state index in [0.717, 1.165) is 64.9 Å². The Morgan fingerprint density at radius 3 is 2.79 bits per heavy atom. The van der Waals surface area contributed by atoms with Gasteiger partial charge in [0, 0.05) is 25.4 Å². The first-order valence-corrected chi connectivity index (χ1v) is 7.83. The Hall–Kier alpha value is -0.160. The van der Waals surface area contributed by atoms with Crippen molar-refractivity contribution in [1.82, 2.24) is 5.32 Å². The van der Waals surface area contributed by atoms with Crippen molar-refractivity contribution in [2.24, 2.45) is 5.92 Å². The molecule has 2 rings (SSSR count). The first-order valence-electron chi connectivity index (χ1n) is 7.83. The van der Waals surface area contributed by atoms with Crippen LogP contribution in [0.4, 0.5) is 0 Å². The molecule has 0 radical (unpaired) electrons. The maximum Gasteiger partial charge on any atom is 0.0614 e. The van der Waals surface area contributed by atoms with Gasteiger partial charge < -0.3 is 19.9 Å². The van der Waals surface area contributed by atoms with Crippen molar-refractivity contribution >= 4 is 0 Å². The SMILES string of the molecule is CCCNC1(CO)CCC(OCC2CCOCC2)C1. The molecule has 0 spiro atoms. The van der Waals surface area contributed by atoms with Gasteiger partial charge in [-0.2, -0.15) is 0 Å². The summed E-state index contributed by atoms with van der Waals surface area (Å²) in [5.74, 6) is 0.668. The lowest BCUT2D eigenvalue weighted by Gasteiger charge is -2.29. The molecule has 2 aliphatic rings. The maximum atomic E-state index is 9.64. The molecule has 2 atom stereocenters. The van der Waals surface area contributed by atoms with Crippen LogP contribution in [0.2, 0.25) is 0 Å². The van der Waals surface area contributed by atoms with E-state index in [2.05, 4.69) is 12.2 Å². The smallest absolute Gasteiger partial charge is 0.0614 e.